The first kappa shape index (κ1) is 17.2. The van der Waals surface area contributed by atoms with E-state index < -0.39 is 0 Å². The van der Waals surface area contributed by atoms with Gasteiger partial charge in [-0.2, -0.15) is 10.1 Å². The smallest absolute Gasteiger partial charge is 0.275 e. The van der Waals surface area contributed by atoms with Gasteiger partial charge in [-0.15, -0.1) is 0 Å². The van der Waals surface area contributed by atoms with Crippen molar-refractivity contribution in [2.24, 2.45) is 7.05 Å². The summed E-state index contributed by atoms with van der Waals surface area (Å²) in [5, 5.41) is 8.70. The molecule has 0 bridgehead atoms. The second-order valence-corrected chi connectivity index (χ2v) is 7.58. The number of aromatic nitrogens is 4. The van der Waals surface area contributed by atoms with E-state index in [0.29, 0.717) is 24.0 Å². The van der Waals surface area contributed by atoms with E-state index in [0.717, 1.165) is 49.7 Å². The van der Waals surface area contributed by atoms with Crippen LogP contribution in [0.1, 0.15) is 59.4 Å². The topological polar surface area (TPSA) is 77.1 Å². The first-order valence-corrected chi connectivity index (χ1v) is 9.97. The summed E-state index contributed by atoms with van der Waals surface area (Å²) < 4.78 is 7.44. The van der Waals surface area contributed by atoms with Gasteiger partial charge in [0.25, 0.3) is 5.91 Å². The van der Waals surface area contributed by atoms with Gasteiger partial charge in [0.1, 0.15) is 6.04 Å². The zero-order chi connectivity index (χ0) is 19.1. The molecule has 144 valence electrons. The molecule has 1 unspecified atom stereocenters. The predicted octanol–water partition coefficient (Wildman–Crippen LogP) is 3.33. The fourth-order valence-electron chi connectivity index (χ4n) is 4.42. The fraction of sp³-hybridized carbons (Fsp3) is 0.429. The van der Waals surface area contributed by atoms with Crippen LogP contribution in [0.25, 0.3) is 11.4 Å². The van der Waals surface area contributed by atoms with Crippen LogP contribution in [0.15, 0.2) is 34.9 Å². The van der Waals surface area contributed by atoms with Crippen LogP contribution in [0.4, 0.5) is 0 Å². The molecule has 5 rings (SSSR count). The molecule has 7 heteroatoms. The summed E-state index contributed by atoms with van der Waals surface area (Å²) in [6, 6.07) is 9.56. The summed E-state index contributed by atoms with van der Waals surface area (Å²) >= 11 is 0. The zero-order valence-electron chi connectivity index (χ0n) is 16.0. The molecular weight excluding hydrogens is 354 g/mol. The Morgan fingerprint density at radius 1 is 1.14 bits per heavy atom. The Morgan fingerprint density at radius 3 is 2.82 bits per heavy atom. The molecule has 1 saturated heterocycles. The van der Waals surface area contributed by atoms with Crippen molar-refractivity contribution in [3.8, 4) is 11.4 Å². The van der Waals surface area contributed by atoms with Crippen molar-refractivity contribution >= 4 is 5.91 Å². The molecule has 28 heavy (non-hydrogen) atoms. The lowest BCUT2D eigenvalue weighted by Crippen LogP contribution is -2.32. The highest BCUT2D eigenvalue weighted by Crippen LogP contribution is 2.34. The second-order valence-electron chi connectivity index (χ2n) is 7.58. The second kappa shape index (κ2) is 6.89. The zero-order valence-corrected chi connectivity index (χ0v) is 16.0. The summed E-state index contributed by atoms with van der Waals surface area (Å²) in [5.41, 5.74) is 3.84. The molecule has 2 aromatic heterocycles. The Labute approximate surface area is 163 Å². The third kappa shape index (κ3) is 2.82. The Hall–Kier alpha value is -2.96. The van der Waals surface area contributed by atoms with E-state index in [2.05, 4.69) is 15.2 Å². The Balaban J connectivity index is 1.43. The van der Waals surface area contributed by atoms with Crippen LogP contribution in [0.2, 0.25) is 0 Å². The molecule has 1 fully saturated rings. The molecule has 1 aliphatic heterocycles. The lowest BCUT2D eigenvalue weighted by atomic mass is 9.95. The monoisotopic (exact) mass is 377 g/mol. The van der Waals surface area contributed by atoms with E-state index in [1.807, 2.05) is 47.0 Å². The number of hydrogen-bond acceptors (Lipinski definition) is 5. The number of fused-ring (bicyclic) bond motifs is 1. The van der Waals surface area contributed by atoms with E-state index in [4.69, 9.17) is 4.52 Å². The minimum absolute atomic E-state index is 0.0132. The molecule has 1 atom stereocenters. The molecule has 0 N–H and O–H groups in total. The average molecular weight is 377 g/mol. The third-order valence-corrected chi connectivity index (χ3v) is 5.84. The van der Waals surface area contributed by atoms with Crippen molar-refractivity contribution in [1.82, 2.24) is 24.8 Å². The number of amides is 1. The molecule has 1 amide bonds. The minimum atomic E-state index is -0.182. The highest BCUT2D eigenvalue weighted by Gasteiger charge is 2.37. The first-order chi connectivity index (χ1) is 13.7. The molecule has 1 aliphatic carbocycles. The van der Waals surface area contributed by atoms with Gasteiger partial charge in [0, 0.05) is 30.4 Å². The van der Waals surface area contributed by atoms with Gasteiger partial charge in [0.05, 0.1) is 0 Å². The van der Waals surface area contributed by atoms with Crippen LogP contribution in [-0.4, -0.2) is 37.3 Å². The Bertz CT molecular complexity index is 1010. The van der Waals surface area contributed by atoms with Crippen molar-refractivity contribution in [2.45, 2.75) is 44.6 Å². The van der Waals surface area contributed by atoms with Gasteiger partial charge in [0.2, 0.25) is 11.7 Å². The van der Waals surface area contributed by atoms with E-state index >= 15 is 0 Å². The number of nitrogens with zero attached hydrogens (tertiary/aromatic N) is 5. The van der Waals surface area contributed by atoms with Crippen LogP contribution < -0.4 is 0 Å². The van der Waals surface area contributed by atoms with Crippen molar-refractivity contribution < 1.29 is 9.32 Å². The van der Waals surface area contributed by atoms with Crippen molar-refractivity contribution in [3.05, 3.63) is 53.2 Å². The fourth-order valence-corrected chi connectivity index (χ4v) is 4.42. The summed E-state index contributed by atoms with van der Waals surface area (Å²) in [4.78, 5) is 19.8. The van der Waals surface area contributed by atoms with E-state index in [9.17, 15) is 4.79 Å². The normalized spacial score (nSPS) is 19.0. The Kier molecular flexibility index (Phi) is 4.22. The van der Waals surface area contributed by atoms with Gasteiger partial charge in [-0.05, 0) is 38.5 Å². The number of aryl methyl sites for hydroxylation is 1. The molecule has 0 spiro atoms. The van der Waals surface area contributed by atoms with Gasteiger partial charge < -0.3 is 9.42 Å². The van der Waals surface area contributed by atoms with E-state index in [-0.39, 0.29) is 11.9 Å². The standard InChI is InChI=1S/C21H23N5O2/c1-25-16-11-6-5-10-15(16)18(23-25)21(27)26-13-7-12-17(26)20-22-19(24-28-20)14-8-3-2-4-9-14/h2-4,8-9,17H,5-7,10-13H2,1H3. The van der Waals surface area contributed by atoms with E-state index in [1.165, 1.54) is 5.69 Å². The van der Waals surface area contributed by atoms with Crippen LogP contribution >= 0.6 is 0 Å². The van der Waals surface area contributed by atoms with Crippen LogP contribution in [-0.2, 0) is 19.9 Å². The summed E-state index contributed by atoms with van der Waals surface area (Å²) in [5.74, 6) is 1.06. The molecule has 3 aromatic rings. The average Bonchev–Trinajstić information content (AvgIpc) is 3.47. The van der Waals surface area contributed by atoms with Crippen molar-refractivity contribution in [1.29, 1.82) is 0 Å². The highest BCUT2D eigenvalue weighted by atomic mass is 16.5. The van der Waals surface area contributed by atoms with Gasteiger partial charge >= 0.3 is 0 Å². The van der Waals surface area contributed by atoms with Crippen LogP contribution in [0.5, 0.6) is 0 Å². The lowest BCUT2D eigenvalue weighted by molar-refractivity contribution is 0.0702. The molecule has 0 radical (unpaired) electrons. The summed E-state index contributed by atoms with van der Waals surface area (Å²) in [7, 11) is 1.94. The van der Waals surface area contributed by atoms with Crippen molar-refractivity contribution in [3.63, 3.8) is 0 Å². The highest BCUT2D eigenvalue weighted by molar-refractivity contribution is 5.94. The first-order valence-electron chi connectivity index (χ1n) is 9.97. The van der Waals surface area contributed by atoms with Gasteiger partial charge in [0.15, 0.2) is 5.69 Å². The van der Waals surface area contributed by atoms with Crippen molar-refractivity contribution in [2.75, 3.05) is 6.54 Å². The van der Waals surface area contributed by atoms with E-state index in [1.54, 1.807) is 0 Å². The van der Waals surface area contributed by atoms with Gasteiger partial charge in [-0.1, -0.05) is 35.5 Å². The number of hydrogen-bond donors (Lipinski definition) is 0. The SMILES string of the molecule is Cn1nc(C(=O)N2CCCC2c2nc(-c3ccccc3)no2)c2c1CCCC2. The Morgan fingerprint density at radius 2 is 1.96 bits per heavy atom. The molecule has 1 aromatic carbocycles. The quantitative estimate of drug-likeness (QED) is 0.700. The number of carbonyl (C=O) groups is 1. The maximum Gasteiger partial charge on any atom is 0.275 e. The largest absolute Gasteiger partial charge is 0.337 e. The molecular formula is C21H23N5O2. The van der Waals surface area contributed by atoms with Crippen LogP contribution in [0.3, 0.4) is 0 Å². The minimum Gasteiger partial charge on any atom is -0.337 e. The number of carbonyl (C=O) groups excluding carboxylic acids is 1. The lowest BCUT2D eigenvalue weighted by Gasteiger charge is -2.22. The predicted molar refractivity (Wildman–Crippen MR) is 103 cm³/mol. The maximum absolute atomic E-state index is 13.4. The molecule has 7 nitrogen and oxygen atoms in total. The molecule has 0 saturated carbocycles. The maximum atomic E-state index is 13.4. The van der Waals surface area contributed by atoms with Crippen LogP contribution in [0, 0.1) is 0 Å². The summed E-state index contributed by atoms with van der Waals surface area (Å²) in [6.07, 6.45) is 5.97. The number of benzene rings is 1. The number of likely N-dealkylation sites (tertiary alicyclic amines) is 1. The van der Waals surface area contributed by atoms with Gasteiger partial charge in [-0.25, -0.2) is 0 Å². The molecule has 2 aliphatic rings. The molecule has 3 heterocycles. The summed E-state index contributed by atoms with van der Waals surface area (Å²) in [6.45, 7) is 0.692. The van der Waals surface area contributed by atoms with Gasteiger partial charge in [-0.3, -0.25) is 9.48 Å². The third-order valence-electron chi connectivity index (χ3n) is 5.84. The number of rotatable bonds is 3.